The van der Waals surface area contributed by atoms with E-state index in [1.807, 2.05) is 31.2 Å². The van der Waals surface area contributed by atoms with Crippen LogP contribution in [0.2, 0.25) is 5.02 Å². The Morgan fingerprint density at radius 1 is 1.07 bits per heavy atom. The number of amides is 3. The van der Waals surface area contributed by atoms with E-state index < -0.39 is 17.2 Å². The number of imide groups is 1. The first-order valence-electron chi connectivity index (χ1n) is 9.13. The number of hydrogen-bond donors (Lipinski definition) is 1. The molecule has 148 valence electrons. The minimum atomic E-state index is -1.17. The van der Waals surface area contributed by atoms with Crippen LogP contribution in [0.25, 0.3) is 11.0 Å². The summed E-state index contributed by atoms with van der Waals surface area (Å²) >= 11 is 6.23. The van der Waals surface area contributed by atoms with E-state index in [0.717, 1.165) is 16.0 Å². The van der Waals surface area contributed by atoms with Gasteiger partial charge in [-0.3, -0.25) is 9.69 Å². The summed E-state index contributed by atoms with van der Waals surface area (Å²) in [5.41, 5.74) is 1.65. The van der Waals surface area contributed by atoms with Crippen LogP contribution in [-0.2, 0) is 16.9 Å². The molecule has 0 bridgehead atoms. The number of carbonyl (C=O) groups excluding carboxylic acids is 2. The van der Waals surface area contributed by atoms with Gasteiger partial charge in [0.2, 0.25) is 0 Å². The van der Waals surface area contributed by atoms with Crippen LogP contribution >= 0.6 is 11.6 Å². The van der Waals surface area contributed by atoms with E-state index in [4.69, 9.17) is 16.0 Å². The van der Waals surface area contributed by atoms with Gasteiger partial charge in [0.1, 0.15) is 11.1 Å². The van der Waals surface area contributed by atoms with E-state index >= 15 is 0 Å². The summed E-state index contributed by atoms with van der Waals surface area (Å²) in [6.07, 6.45) is 0. The van der Waals surface area contributed by atoms with E-state index in [0.29, 0.717) is 27.1 Å². The molecule has 0 unspecified atom stereocenters. The third-order valence-electron chi connectivity index (χ3n) is 5.34. The predicted molar refractivity (Wildman–Crippen MR) is 110 cm³/mol. The largest absolute Gasteiger partial charge is 0.423 e. The van der Waals surface area contributed by atoms with Gasteiger partial charge in [-0.2, -0.15) is 0 Å². The van der Waals surface area contributed by atoms with Gasteiger partial charge in [0, 0.05) is 16.5 Å². The summed E-state index contributed by atoms with van der Waals surface area (Å²) in [5.74, 6) is -0.383. The maximum atomic E-state index is 13.2. The van der Waals surface area contributed by atoms with Crippen molar-refractivity contribution in [3.63, 3.8) is 0 Å². The van der Waals surface area contributed by atoms with Gasteiger partial charge in [-0.05, 0) is 49.6 Å². The zero-order valence-corrected chi connectivity index (χ0v) is 17.0. The van der Waals surface area contributed by atoms with Gasteiger partial charge in [0.05, 0.1) is 6.54 Å². The highest BCUT2D eigenvalue weighted by atomic mass is 35.5. The summed E-state index contributed by atoms with van der Waals surface area (Å²) in [7, 11) is 0. The second-order valence-electron chi connectivity index (χ2n) is 7.50. The highest BCUT2D eigenvalue weighted by Gasteiger charge is 2.49. The molecule has 0 aliphatic carbocycles. The van der Waals surface area contributed by atoms with E-state index in [2.05, 4.69) is 5.32 Å². The van der Waals surface area contributed by atoms with Crippen LogP contribution in [-0.4, -0.2) is 16.8 Å². The predicted octanol–water partition coefficient (Wildman–Crippen LogP) is 4.03. The molecule has 1 aliphatic heterocycles. The molecular weight excluding hydrogens is 392 g/mol. The first-order chi connectivity index (χ1) is 13.7. The molecule has 2 aromatic carbocycles. The van der Waals surface area contributed by atoms with E-state index in [1.165, 1.54) is 6.07 Å². The fraction of sp³-hybridized carbons (Fsp3) is 0.227. The number of hydrogen-bond acceptors (Lipinski definition) is 4. The van der Waals surface area contributed by atoms with Gasteiger partial charge in [0.25, 0.3) is 5.91 Å². The quantitative estimate of drug-likeness (QED) is 0.522. The van der Waals surface area contributed by atoms with Crippen molar-refractivity contribution in [3.05, 3.63) is 80.2 Å². The Morgan fingerprint density at radius 2 is 1.76 bits per heavy atom. The average molecular weight is 411 g/mol. The zero-order valence-electron chi connectivity index (χ0n) is 16.2. The third kappa shape index (κ3) is 3.19. The molecule has 3 aromatic rings. The van der Waals surface area contributed by atoms with Crippen LogP contribution in [0.1, 0.15) is 29.2 Å². The number of nitrogens with zero attached hydrogens (tertiary/aromatic N) is 1. The first-order valence-corrected chi connectivity index (χ1v) is 9.51. The molecule has 0 radical (unpaired) electrons. The standard InChI is InChI=1S/C22H19ClN2O4/c1-12-4-6-15(7-5-12)22(3)20(27)25(21(28)24-22)11-14-9-19(26)29-18-8-13(2)17(23)10-16(14)18/h4-10H,11H2,1-3H3,(H,24,28)/t22-/m0/s1. The number of rotatable bonds is 3. The van der Waals surface area contributed by atoms with Crippen LogP contribution in [0.15, 0.2) is 51.7 Å². The van der Waals surface area contributed by atoms with Gasteiger partial charge >= 0.3 is 11.7 Å². The Morgan fingerprint density at radius 3 is 2.45 bits per heavy atom. The maximum Gasteiger partial charge on any atom is 0.336 e. The Labute approximate surface area is 172 Å². The molecule has 0 spiro atoms. The van der Waals surface area contributed by atoms with Gasteiger partial charge in [-0.15, -0.1) is 0 Å². The Bertz CT molecular complexity index is 1220. The molecule has 7 heteroatoms. The molecule has 3 amide bonds. The fourth-order valence-electron chi connectivity index (χ4n) is 3.57. The third-order valence-corrected chi connectivity index (χ3v) is 5.75. The Kier molecular flexibility index (Phi) is 4.46. The fourth-order valence-corrected chi connectivity index (χ4v) is 3.74. The Hall–Kier alpha value is -3.12. The maximum absolute atomic E-state index is 13.2. The molecule has 4 rings (SSSR count). The molecule has 6 nitrogen and oxygen atoms in total. The van der Waals surface area contributed by atoms with Crippen molar-refractivity contribution in [1.29, 1.82) is 0 Å². The molecule has 1 aromatic heterocycles. The average Bonchev–Trinajstić information content (AvgIpc) is 2.88. The Balaban J connectivity index is 1.74. The number of nitrogens with one attached hydrogen (secondary N) is 1. The van der Waals surface area contributed by atoms with Gasteiger partial charge in [-0.25, -0.2) is 9.59 Å². The highest BCUT2D eigenvalue weighted by Crippen LogP contribution is 2.31. The topological polar surface area (TPSA) is 79.6 Å². The summed E-state index contributed by atoms with van der Waals surface area (Å²) < 4.78 is 5.26. The van der Waals surface area contributed by atoms with Gasteiger partial charge < -0.3 is 9.73 Å². The van der Waals surface area contributed by atoms with Crippen molar-refractivity contribution in [2.24, 2.45) is 0 Å². The highest BCUT2D eigenvalue weighted by molar-refractivity contribution is 6.32. The van der Waals surface area contributed by atoms with Crippen LogP contribution in [0.3, 0.4) is 0 Å². The molecule has 1 aliphatic rings. The van der Waals surface area contributed by atoms with E-state index in [9.17, 15) is 14.4 Å². The molecule has 1 fully saturated rings. The van der Waals surface area contributed by atoms with Crippen molar-refractivity contribution in [1.82, 2.24) is 10.2 Å². The lowest BCUT2D eigenvalue weighted by atomic mass is 9.91. The van der Waals surface area contributed by atoms with Gasteiger partial charge in [-0.1, -0.05) is 41.4 Å². The number of halogens is 1. The lowest BCUT2D eigenvalue weighted by Crippen LogP contribution is -2.40. The first kappa shape index (κ1) is 19.2. The van der Waals surface area contributed by atoms with Crippen molar-refractivity contribution >= 4 is 34.5 Å². The SMILES string of the molecule is Cc1ccc([C@]2(C)NC(=O)N(Cc3cc(=O)oc4cc(C)c(Cl)cc34)C2=O)cc1. The summed E-state index contributed by atoms with van der Waals surface area (Å²) in [5, 5.41) is 3.88. The molecule has 2 heterocycles. The lowest BCUT2D eigenvalue weighted by Gasteiger charge is -2.22. The van der Waals surface area contributed by atoms with Crippen LogP contribution in [0.5, 0.6) is 0 Å². The van der Waals surface area contributed by atoms with Gasteiger partial charge in [0.15, 0.2) is 0 Å². The second-order valence-corrected chi connectivity index (χ2v) is 7.91. The van der Waals surface area contributed by atoms with Crippen molar-refractivity contribution in [3.8, 4) is 0 Å². The van der Waals surface area contributed by atoms with E-state index in [-0.39, 0.29) is 12.5 Å². The number of aryl methyl sites for hydroxylation is 2. The lowest BCUT2D eigenvalue weighted by molar-refractivity contribution is -0.131. The zero-order chi connectivity index (χ0) is 20.9. The molecule has 1 N–H and O–H groups in total. The monoisotopic (exact) mass is 410 g/mol. The summed E-state index contributed by atoms with van der Waals surface area (Å²) in [6.45, 7) is 5.37. The van der Waals surface area contributed by atoms with Crippen LogP contribution in [0.4, 0.5) is 4.79 Å². The van der Waals surface area contributed by atoms with Crippen molar-refractivity contribution in [2.45, 2.75) is 32.9 Å². The van der Waals surface area contributed by atoms with Crippen molar-refractivity contribution < 1.29 is 14.0 Å². The normalized spacial score (nSPS) is 19.1. The van der Waals surface area contributed by atoms with Crippen molar-refractivity contribution in [2.75, 3.05) is 0 Å². The number of carbonyl (C=O) groups is 2. The minimum absolute atomic E-state index is 0.0619. The molecule has 1 atom stereocenters. The second kappa shape index (κ2) is 6.74. The smallest absolute Gasteiger partial charge is 0.336 e. The number of fused-ring (bicyclic) bond motifs is 1. The van der Waals surface area contributed by atoms with E-state index in [1.54, 1.807) is 26.0 Å². The van der Waals surface area contributed by atoms with Crippen LogP contribution < -0.4 is 10.9 Å². The summed E-state index contributed by atoms with van der Waals surface area (Å²) in [6, 6.07) is 11.6. The number of urea groups is 1. The number of benzene rings is 2. The summed E-state index contributed by atoms with van der Waals surface area (Å²) in [4.78, 5) is 39.0. The molecule has 1 saturated heterocycles. The minimum Gasteiger partial charge on any atom is -0.423 e. The van der Waals surface area contributed by atoms with Crippen LogP contribution in [0, 0.1) is 13.8 Å². The molecular formula is C22H19ClN2O4. The molecule has 0 saturated carbocycles. The molecule has 29 heavy (non-hydrogen) atoms.